The number of hydrogen-bond acceptors (Lipinski definition) is 9. The van der Waals surface area contributed by atoms with Gasteiger partial charge in [-0.15, -0.1) is 0 Å². The summed E-state index contributed by atoms with van der Waals surface area (Å²) in [5.74, 6) is -0.820. The summed E-state index contributed by atoms with van der Waals surface area (Å²) in [6.45, 7) is 3.58. The van der Waals surface area contributed by atoms with E-state index in [2.05, 4.69) is 24.3 Å². The molecule has 3 aromatic rings. The number of fused-ring (bicyclic) bond motifs is 1. The van der Waals surface area contributed by atoms with Crippen molar-refractivity contribution in [3.63, 3.8) is 0 Å². The maximum atomic E-state index is 14.3. The first-order valence-electron chi connectivity index (χ1n) is 7.68. The first-order chi connectivity index (χ1) is 12.8. The second-order valence-corrected chi connectivity index (χ2v) is 6.64. The first-order valence-corrected chi connectivity index (χ1v) is 8.79. The first kappa shape index (κ1) is 18.7. The minimum Gasteiger partial charge on any atom is -0.564 e. The van der Waals surface area contributed by atoms with E-state index in [1.807, 2.05) is 0 Å². The molecule has 0 spiro atoms. The third kappa shape index (κ3) is 3.57. The summed E-state index contributed by atoms with van der Waals surface area (Å²) in [7, 11) is 0. The summed E-state index contributed by atoms with van der Waals surface area (Å²) in [5.41, 5.74) is 5.71. The lowest BCUT2D eigenvalue weighted by Gasteiger charge is -2.15. The second-order valence-electron chi connectivity index (χ2n) is 5.79. The van der Waals surface area contributed by atoms with Crippen LogP contribution in [0.25, 0.3) is 22.4 Å². The lowest BCUT2D eigenvalue weighted by atomic mass is 10.1. The Hall–Kier alpha value is -3.12. The van der Waals surface area contributed by atoms with Gasteiger partial charge in [0.25, 0.3) is 17.1 Å². The van der Waals surface area contributed by atoms with E-state index in [9.17, 15) is 18.6 Å². The van der Waals surface area contributed by atoms with Gasteiger partial charge in [-0.1, -0.05) is 11.0 Å². The maximum absolute atomic E-state index is 14.3. The predicted molar refractivity (Wildman–Crippen MR) is 99.3 cm³/mol. The molecule has 0 bridgehead atoms. The van der Waals surface area contributed by atoms with Gasteiger partial charge in [0, 0.05) is 11.6 Å². The molecule has 140 valence electrons. The van der Waals surface area contributed by atoms with E-state index in [1.165, 1.54) is 22.9 Å². The van der Waals surface area contributed by atoms with Gasteiger partial charge in [0.05, 0.1) is 6.20 Å². The molecule has 1 aromatic carbocycles. The molecule has 2 aromatic heterocycles. The zero-order valence-electron chi connectivity index (χ0n) is 14.2. The molecular formula is C15H14FN7O3S. The Bertz CT molecular complexity index is 1090. The number of hydrogen-bond donors (Lipinski definition) is 2. The van der Waals surface area contributed by atoms with Gasteiger partial charge in [0.1, 0.15) is 16.9 Å². The van der Waals surface area contributed by atoms with Crippen molar-refractivity contribution in [3.8, 4) is 11.3 Å². The molecule has 0 aliphatic heterocycles. The standard InChI is InChI=1S/C15H14FN7O3S/c1-7(2)23-13-11(6-18-15(17)20-13)19-12(14(23)24)8-3-4-10(9(16)5-8)21-27(26)22-25/h3-7,21H,1-2H3,(H2,17,18,20). The molecule has 0 amide bonds. The number of nitrogens with one attached hydrogen (secondary N) is 1. The molecule has 12 heteroatoms. The molecule has 0 saturated carbocycles. The van der Waals surface area contributed by atoms with E-state index in [0.717, 1.165) is 6.07 Å². The van der Waals surface area contributed by atoms with Crippen LogP contribution in [0.5, 0.6) is 0 Å². The van der Waals surface area contributed by atoms with Gasteiger partial charge in [-0.05, 0) is 26.0 Å². The third-order valence-corrected chi connectivity index (χ3v) is 4.20. The van der Waals surface area contributed by atoms with Crippen LogP contribution in [0, 0.1) is 10.7 Å². The molecule has 0 fully saturated rings. The molecule has 27 heavy (non-hydrogen) atoms. The van der Waals surface area contributed by atoms with Gasteiger partial charge in [0.2, 0.25) is 5.95 Å². The number of nitroso groups, excluding NO2 is 1. The number of aromatic nitrogens is 4. The highest BCUT2D eigenvalue weighted by molar-refractivity contribution is 7.91. The maximum Gasteiger partial charge on any atom is 0.278 e. The van der Waals surface area contributed by atoms with Gasteiger partial charge < -0.3 is 10.3 Å². The fraction of sp³-hybridized carbons (Fsp3) is 0.200. The Morgan fingerprint density at radius 1 is 1.37 bits per heavy atom. The van der Waals surface area contributed by atoms with E-state index in [1.54, 1.807) is 13.8 Å². The summed E-state index contributed by atoms with van der Waals surface area (Å²) in [4.78, 5) is 35.3. The van der Waals surface area contributed by atoms with Crippen LogP contribution in [-0.4, -0.2) is 24.1 Å². The zero-order chi connectivity index (χ0) is 19.7. The topological polar surface area (TPSA) is 151 Å². The molecule has 3 rings (SSSR count). The Balaban J connectivity index is 2.19. The van der Waals surface area contributed by atoms with Crippen molar-refractivity contribution in [3.05, 3.63) is 45.5 Å². The van der Waals surface area contributed by atoms with Crippen LogP contribution in [0.2, 0.25) is 0 Å². The number of nitrogen functional groups attached to an aromatic ring is 1. The van der Waals surface area contributed by atoms with Crippen molar-refractivity contribution in [2.45, 2.75) is 19.9 Å². The monoisotopic (exact) mass is 391 g/mol. The van der Waals surface area contributed by atoms with E-state index >= 15 is 0 Å². The molecule has 3 N–H and O–H groups in total. The van der Waals surface area contributed by atoms with Crippen LogP contribution in [0.4, 0.5) is 16.0 Å². The van der Waals surface area contributed by atoms with Crippen molar-refractivity contribution in [2.75, 3.05) is 10.5 Å². The molecule has 0 radical (unpaired) electrons. The highest BCUT2D eigenvalue weighted by Gasteiger charge is 2.19. The SMILES string of the molecule is CC(C)n1c(=O)c(-c2ccc(N[S+]([O-])N=O)c(F)c2)nc2cnc(N)nc21. The summed E-state index contributed by atoms with van der Waals surface area (Å²) < 4.78 is 31.1. The lowest BCUT2D eigenvalue weighted by molar-refractivity contribution is 0.593. The second kappa shape index (κ2) is 7.25. The molecule has 1 unspecified atom stereocenters. The number of anilines is 2. The fourth-order valence-corrected chi connectivity index (χ4v) is 2.93. The van der Waals surface area contributed by atoms with E-state index in [4.69, 9.17) is 5.73 Å². The van der Waals surface area contributed by atoms with Crippen molar-refractivity contribution >= 4 is 34.3 Å². The summed E-state index contributed by atoms with van der Waals surface area (Å²) in [6, 6.07) is 3.43. The van der Waals surface area contributed by atoms with Gasteiger partial charge in [-0.25, -0.2) is 14.4 Å². The Labute approximate surface area is 155 Å². The van der Waals surface area contributed by atoms with Crippen LogP contribution in [0.1, 0.15) is 19.9 Å². The summed E-state index contributed by atoms with van der Waals surface area (Å²) in [5, 5.41) is 0. The van der Waals surface area contributed by atoms with Crippen molar-refractivity contribution in [1.82, 2.24) is 19.5 Å². The van der Waals surface area contributed by atoms with Gasteiger partial charge in [0.15, 0.2) is 16.0 Å². The lowest BCUT2D eigenvalue weighted by Crippen LogP contribution is -2.26. The Morgan fingerprint density at radius 3 is 2.74 bits per heavy atom. The van der Waals surface area contributed by atoms with Crippen LogP contribution in [0.3, 0.4) is 0 Å². The molecule has 0 aliphatic carbocycles. The molecular weight excluding hydrogens is 377 g/mol. The Kier molecular flexibility index (Phi) is 5.01. The average Bonchev–Trinajstić information content (AvgIpc) is 2.62. The van der Waals surface area contributed by atoms with Crippen LogP contribution >= 0.6 is 0 Å². The van der Waals surface area contributed by atoms with Crippen LogP contribution in [-0.2, 0) is 11.5 Å². The number of benzene rings is 1. The molecule has 1 atom stereocenters. The Morgan fingerprint density at radius 2 is 2.11 bits per heavy atom. The normalized spacial score (nSPS) is 12.3. The summed E-state index contributed by atoms with van der Waals surface area (Å²) in [6.07, 6.45) is 1.38. The van der Waals surface area contributed by atoms with Crippen LogP contribution < -0.4 is 16.0 Å². The average molecular weight is 391 g/mol. The quantitative estimate of drug-likeness (QED) is 0.494. The summed E-state index contributed by atoms with van der Waals surface area (Å²) >= 11 is -2.30. The third-order valence-electron chi connectivity index (χ3n) is 3.67. The molecule has 0 saturated heterocycles. The van der Waals surface area contributed by atoms with E-state index in [-0.39, 0.29) is 34.6 Å². The predicted octanol–water partition coefficient (Wildman–Crippen LogP) is 1.91. The number of halogens is 1. The molecule has 2 heterocycles. The van der Waals surface area contributed by atoms with Gasteiger partial charge >= 0.3 is 0 Å². The fourth-order valence-electron chi connectivity index (χ4n) is 2.54. The van der Waals surface area contributed by atoms with Gasteiger partial charge in [-0.2, -0.15) is 9.71 Å². The molecule has 0 aliphatic rings. The minimum atomic E-state index is -2.30. The largest absolute Gasteiger partial charge is 0.564 e. The number of rotatable bonds is 5. The van der Waals surface area contributed by atoms with Crippen molar-refractivity contribution in [2.24, 2.45) is 4.58 Å². The highest BCUT2D eigenvalue weighted by Crippen LogP contribution is 2.24. The smallest absolute Gasteiger partial charge is 0.278 e. The highest BCUT2D eigenvalue weighted by atomic mass is 32.2. The van der Waals surface area contributed by atoms with Crippen molar-refractivity contribution in [1.29, 1.82) is 0 Å². The van der Waals surface area contributed by atoms with E-state index in [0.29, 0.717) is 5.52 Å². The number of nitrogens with two attached hydrogens (primary N) is 1. The van der Waals surface area contributed by atoms with Gasteiger partial charge in [-0.3, -0.25) is 9.36 Å². The number of nitrogens with zero attached hydrogens (tertiary/aromatic N) is 5. The zero-order valence-corrected chi connectivity index (χ0v) is 15.0. The van der Waals surface area contributed by atoms with Crippen molar-refractivity contribution < 1.29 is 8.94 Å². The minimum absolute atomic E-state index is 0.00381. The molecule has 10 nitrogen and oxygen atoms in total. The van der Waals surface area contributed by atoms with Crippen LogP contribution in [0.15, 0.2) is 33.8 Å². The van der Waals surface area contributed by atoms with E-state index < -0.39 is 22.9 Å².